The minimum atomic E-state index is -0.731. The molecule has 0 saturated heterocycles. The van der Waals surface area contributed by atoms with Crippen molar-refractivity contribution in [1.29, 1.82) is 5.26 Å². The van der Waals surface area contributed by atoms with Crippen LogP contribution in [0.5, 0.6) is 11.5 Å². The minimum absolute atomic E-state index is 0.148. The van der Waals surface area contributed by atoms with Gasteiger partial charge in [0.2, 0.25) is 0 Å². The summed E-state index contributed by atoms with van der Waals surface area (Å²) in [6.45, 7) is -0.281. The first-order valence-electron chi connectivity index (χ1n) is 5.81. The Hall–Kier alpha value is -3.01. The van der Waals surface area contributed by atoms with Crippen LogP contribution in [-0.2, 0) is 14.3 Å². The molecule has 1 amide bonds. The van der Waals surface area contributed by atoms with Gasteiger partial charge in [-0.2, -0.15) is 5.26 Å². The van der Waals surface area contributed by atoms with Crippen LogP contribution in [0.3, 0.4) is 0 Å². The maximum absolute atomic E-state index is 11.3. The molecule has 110 valence electrons. The van der Waals surface area contributed by atoms with Gasteiger partial charge < -0.3 is 19.9 Å². The fraction of sp³-hybridized carbons (Fsp3) is 0.214. The molecule has 0 unspecified atom stereocenters. The fourth-order valence-electron chi connectivity index (χ4n) is 1.46. The zero-order valence-corrected chi connectivity index (χ0v) is 11.6. The van der Waals surface area contributed by atoms with E-state index in [1.165, 1.54) is 20.3 Å². The summed E-state index contributed by atoms with van der Waals surface area (Å²) in [4.78, 5) is 22.0. The highest BCUT2D eigenvalue weighted by atomic mass is 16.5. The lowest BCUT2D eigenvalue weighted by molar-refractivity contribution is -0.135. The third kappa shape index (κ3) is 4.54. The van der Waals surface area contributed by atoms with Gasteiger partial charge in [0, 0.05) is 0 Å². The number of methoxy groups -OCH3 is 2. The number of amides is 1. The zero-order valence-electron chi connectivity index (χ0n) is 11.6. The SMILES string of the molecule is COC(=O)C(C#N)=Cc1ccc(OCC(N)=O)c(OC)c1. The first-order chi connectivity index (χ1) is 10.0. The molecule has 0 heterocycles. The lowest BCUT2D eigenvalue weighted by Gasteiger charge is -2.10. The lowest BCUT2D eigenvalue weighted by Crippen LogP contribution is -2.20. The Labute approximate surface area is 121 Å². The first-order valence-corrected chi connectivity index (χ1v) is 5.81. The molecule has 0 radical (unpaired) electrons. The highest BCUT2D eigenvalue weighted by Crippen LogP contribution is 2.28. The van der Waals surface area contributed by atoms with Crippen molar-refractivity contribution in [3.05, 3.63) is 29.3 Å². The van der Waals surface area contributed by atoms with Crippen LogP contribution >= 0.6 is 0 Å². The average Bonchev–Trinajstić information content (AvgIpc) is 2.49. The second-order valence-electron chi connectivity index (χ2n) is 3.83. The van der Waals surface area contributed by atoms with Gasteiger partial charge in [-0.15, -0.1) is 0 Å². The summed E-state index contributed by atoms with van der Waals surface area (Å²) in [5, 5.41) is 8.89. The second-order valence-corrected chi connectivity index (χ2v) is 3.83. The molecule has 0 aliphatic rings. The van der Waals surface area contributed by atoms with Crippen LogP contribution in [-0.4, -0.2) is 32.7 Å². The van der Waals surface area contributed by atoms with Crippen LogP contribution in [0, 0.1) is 11.3 Å². The molecule has 7 heteroatoms. The average molecular weight is 290 g/mol. The van der Waals surface area contributed by atoms with Crippen molar-refractivity contribution in [2.45, 2.75) is 0 Å². The van der Waals surface area contributed by atoms with E-state index in [4.69, 9.17) is 20.5 Å². The number of esters is 1. The van der Waals surface area contributed by atoms with Crippen LogP contribution in [0.15, 0.2) is 23.8 Å². The van der Waals surface area contributed by atoms with E-state index in [1.807, 2.05) is 0 Å². The van der Waals surface area contributed by atoms with Crippen LogP contribution in [0.25, 0.3) is 6.08 Å². The van der Waals surface area contributed by atoms with Crippen LogP contribution in [0.2, 0.25) is 0 Å². The minimum Gasteiger partial charge on any atom is -0.493 e. The van der Waals surface area contributed by atoms with E-state index in [9.17, 15) is 9.59 Å². The van der Waals surface area contributed by atoms with Crippen molar-refractivity contribution >= 4 is 18.0 Å². The summed E-state index contributed by atoms with van der Waals surface area (Å²) in [7, 11) is 2.61. The zero-order chi connectivity index (χ0) is 15.8. The normalized spacial score (nSPS) is 10.4. The number of benzene rings is 1. The topological polar surface area (TPSA) is 112 Å². The van der Waals surface area contributed by atoms with Gasteiger partial charge in [-0.25, -0.2) is 4.79 Å². The molecule has 0 aliphatic heterocycles. The molecule has 7 nitrogen and oxygen atoms in total. The van der Waals surface area contributed by atoms with E-state index >= 15 is 0 Å². The van der Waals surface area contributed by atoms with Crippen LogP contribution < -0.4 is 15.2 Å². The predicted octanol–water partition coefficient (Wildman–Crippen LogP) is 0.639. The van der Waals surface area contributed by atoms with Crippen molar-refractivity contribution < 1.29 is 23.8 Å². The summed E-state index contributed by atoms with van der Waals surface area (Å²) >= 11 is 0. The Kier molecular flexibility index (Phi) is 5.77. The van der Waals surface area contributed by atoms with E-state index in [0.29, 0.717) is 17.1 Å². The molecule has 0 aromatic heterocycles. The van der Waals surface area contributed by atoms with E-state index in [-0.39, 0.29) is 12.2 Å². The molecule has 0 aliphatic carbocycles. The first kappa shape index (κ1) is 16.0. The van der Waals surface area contributed by atoms with E-state index in [2.05, 4.69) is 4.74 Å². The number of ether oxygens (including phenoxy) is 3. The summed E-state index contributed by atoms with van der Waals surface area (Å²) in [6.07, 6.45) is 1.35. The monoisotopic (exact) mass is 290 g/mol. The number of nitrogens with zero attached hydrogens (tertiary/aromatic N) is 1. The van der Waals surface area contributed by atoms with Crippen molar-refractivity contribution in [1.82, 2.24) is 0 Å². The Morgan fingerprint density at radius 1 is 1.33 bits per heavy atom. The van der Waals surface area contributed by atoms with Crippen LogP contribution in [0.1, 0.15) is 5.56 Å². The number of carbonyl (C=O) groups is 2. The number of rotatable bonds is 6. The van der Waals surface area contributed by atoms with Gasteiger partial charge >= 0.3 is 5.97 Å². The van der Waals surface area contributed by atoms with Gasteiger partial charge in [0.25, 0.3) is 5.91 Å². The summed E-state index contributed by atoms with van der Waals surface area (Å²) in [5.41, 5.74) is 5.39. The number of hydrogen-bond donors (Lipinski definition) is 1. The van der Waals surface area contributed by atoms with Gasteiger partial charge in [-0.3, -0.25) is 4.79 Å². The maximum atomic E-state index is 11.3. The molecule has 0 spiro atoms. The van der Waals surface area contributed by atoms with E-state index < -0.39 is 11.9 Å². The highest BCUT2D eigenvalue weighted by Gasteiger charge is 2.11. The van der Waals surface area contributed by atoms with Gasteiger partial charge in [0.1, 0.15) is 11.6 Å². The second kappa shape index (κ2) is 7.55. The Morgan fingerprint density at radius 3 is 2.57 bits per heavy atom. The highest BCUT2D eigenvalue weighted by molar-refractivity contribution is 5.97. The number of nitrogens with two attached hydrogens (primary N) is 1. The van der Waals surface area contributed by atoms with Gasteiger partial charge in [0.05, 0.1) is 14.2 Å². The van der Waals surface area contributed by atoms with Gasteiger partial charge in [-0.1, -0.05) is 6.07 Å². The lowest BCUT2D eigenvalue weighted by atomic mass is 10.1. The maximum Gasteiger partial charge on any atom is 0.348 e. The molecular weight excluding hydrogens is 276 g/mol. The number of carbonyl (C=O) groups excluding carboxylic acids is 2. The molecule has 1 aromatic rings. The smallest absolute Gasteiger partial charge is 0.348 e. The summed E-state index contributed by atoms with van der Waals surface area (Å²) in [6, 6.07) is 6.44. The van der Waals surface area contributed by atoms with Crippen molar-refractivity contribution in [3.8, 4) is 17.6 Å². The third-order valence-electron chi connectivity index (χ3n) is 2.39. The molecule has 1 rings (SSSR count). The third-order valence-corrected chi connectivity index (χ3v) is 2.39. The molecule has 0 saturated carbocycles. The Morgan fingerprint density at radius 2 is 2.05 bits per heavy atom. The van der Waals surface area contributed by atoms with Gasteiger partial charge in [-0.05, 0) is 23.8 Å². The molecule has 0 atom stereocenters. The summed E-state index contributed by atoms with van der Waals surface area (Å²) in [5.74, 6) is -0.679. The predicted molar refractivity (Wildman–Crippen MR) is 73.3 cm³/mol. The summed E-state index contributed by atoms with van der Waals surface area (Å²) < 4.78 is 14.8. The fourth-order valence-corrected chi connectivity index (χ4v) is 1.46. The van der Waals surface area contributed by atoms with Crippen molar-refractivity contribution in [2.75, 3.05) is 20.8 Å². The molecular formula is C14H14N2O5. The Balaban J connectivity index is 3.07. The molecule has 0 bridgehead atoms. The molecule has 0 fully saturated rings. The van der Waals surface area contributed by atoms with E-state index in [0.717, 1.165) is 0 Å². The van der Waals surface area contributed by atoms with E-state index in [1.54, 1.807) is 24.3 Å². The van der Waals surface area contributed by atoms with Crippen molar-refractivity contribution in [3.63, 3.8) is 0 Å². The quantitative estimate of drug-likeness (QED) is 0.467. The van der Waals surface area contributed by atoms with Gasteiger partial charge in [0.15, 0.2) is 18.1 Å². The number of primary amides is 1. The number of hydrogen-bond acceptors (Lipinski definition) is 6. The van der Waals surface area contributed by atoms with Crippen molar-refractivity contribution in [2.24, 2.45) is 5.73 Å². The largest absolute Gasteiger partial charge is 0.493 e. The molecule has 2 N–H and O–H groups in total. The molecule has 1 aromatic carbocycles. The Bertz CT molecular complexity index is 616. The standard InChI is InChI=1S/C14H14N2O5/c1-19-12-6-9(5-10(7-15)14(18)20-2)3-4-11(12)21-8-13(16)17/h3-6H,8H2,1-2H3,(H2,16,17). The van der Waals surface area contributed by atoms with Crippen LogP contribution in [0.4, 0.5) is 0 Å². The number of nitriles is 1. The molecule has 21 heavy (non-hydrogen) atoms.